The Morgan fingerprint density at radius 1 is 1.07 bits per heavy atom. The van der Waals surface area contributed by atoms with E-state index in [0.29, 0.717) is 27.7 Å². The molecule has 0 unspecified atom stereocenters. The SMILES string of the molecule is COc1ccc(NC(=O)[C@@H](OC(=O)c2cccn2C)c2ccccc2)cc1Cl. The minimum Gasteiger partial charge on any atom is -0.495 e. The summed E-state index contributed by atoms with van der Waals surface area (Å²) < 4.78 is 12.3. The van der Waals surface area contributed by atoms with Crippen LogP contribution in [0.15, 0.2) is 66.9 Å². The van der Waals surface area contributed by atoms with Gasteiger partial charge in [-0.1, -0.05) is 41.9 Å². The van der Waals surface area contributed by atoms with E-state index in [1.807, 2.05) is 6.07 Å². The van der Waals surface area contributed by atoms with Crippen molar-refractivity contribution in [2.24, 2.45) is 7.05 Å². The molecule has 6 nitrogen and oxygen atoms in total. The molecule has 1 aromatic heterocycles. The minimum atomic E-state index is -1.12. The number of halogens is 1. The van der Waals surface area contributed by atoms with Crippen molar-refractivity contribution >= 4 is 29.2 Å². The van der Waals surface area contributed by atoms with Gasteiger partial charge in [0.25, 0.3) is 5.91 Å². The molecular formula is C21H19ClN2O4. The maximum Gasteiger partial charge on any atom is 0.356 e. The second kappa shape index (κ2) is 8.63. The summed E-state index contributed by atoms with van der Waals surface area (Å²) in [7, 11) is 3.24. The number of hydrogen-bond donors (Lipinski definition) is 1. The highest BCUT2D eigenvalue weighted by Gasteiger charge is 2.26. The van der Waals surface area contributed by atoms with Gasteiger partial charge in [-0.15, -0.1) is 0 Å². The highest BCUT2D eigenvalue weighted by Crippen LogP contribution is 2.28. The third-order valence-corrected chi connectivity index (χ3v) is 4.43. The standard InChI is InChI=1S/C21H19ClN2O4/c1-24-12-6-9-17(24)21(26)28-19(14-7-4-3-5-8-14)20(25)23-15-10-11-18(27-2)16(22)13-15/h3-13,19H,1-2H3,(H,23,25)/t19-/m0/s1. The summed E-state index contributed by atoms with van der Waals surface area (Å²) in [5.41, 5.74) is 1.37. The van der Waals surface area contributed by atoms with Gasteiger partial charge in [0.05, 0.1) is 12.1 Å². The maximum absolute atomic E-state index is 12.9. The second-order valence-electron chi connectivity index (χ2n) is 6.04. The monoisotopic (exact) mass is 398 g/mol. The molecule has 0 saturated heterocycles. The van der Waals surface area contributed by atoms with E-state index in [1.54, 1.807) is 72.4 Å². The molecular weight excluding hydrogens is 380 g/mol. The van der Waals surface area contributed by atoms with Crippen LogP contribution in [0.2, 0.25) is 5.02 Å². The van der Waals surface area contributed by atoms with Crippen LogP contribution in [-0.4, -0.2) is 23.6 Å². The summed E-state index contributed by atoms with van der Waals surface area (Å²) >= 11 is 6.11. The zero-order valence-electron chi connectivity index (χ0n) is 15.4. The Labute approximate surface area is 167 Å². The fourth-order valence-corrected chi connectivity index (χ4v) is 2.95. The Morgan fingerprint density at radius 2 is 1.82 bits per heavy atom. The lowest BCUT2D eigenvalue weighted by molar-refractivity contribution is -0.125. The third kappa shape index (κ3) is 4.35. The van der Waals surface area contributed by atoms with Crippen molar-refractivity contribution in [3.05, 3.63) is 83.1 Å². The fraction of sp³-hybridized carbons (Fsp3) is 0.143. The first-order valence-corrected chi connectivity index (χ1v) is 8.89. The number of hydrogen-bond acceptors (Lipinski definition) is 4. The van der Waals surface area contributed by atoms with Crippen LogP contribution in [0, 0.1) is 0 Å². The molecule has 0 saturated carbocycles. The predicted molar refractivity (Wildman–Crippen MR) is 107 cm³/mol. The number of methoxy groups -OCH3 is 1. The van der Waals surface area contributed by atoms with Crippen LogP contribution in [0.4, 0.5) is 5.69 Å². The molecule has 0 aliphatic heterocycles. The van der Waals surface area contributed by atoms with Gasteiger partial charge in [-0.2, -0.15) is 0 Å². The number of rotatable bonds is 6. The van der Waals surface area contributed by atoms with Gasteiger partial charge in [0, 0.05) is 24.5 Å². The number of esters is 1. The van der Waals surface area contributed by atoms with Gasteiger partial charge in [0.1, 0.15) is 11.4 Å². The molecule has 0 radical (unpaired) electrons. The number of carbonyl (C=O) groups is 2. The average Bonchev–Trinajstić information content (AvgIpc) is 3.12. The Kier molecular flexibility index (Phi) is 6.01. The van der Waals surface area contributed by atoms with E-state index in [1.165, 1.54) is 7.11 Å². The Hall–Kier alpha value is -3.25. The smallest absolute Gasteiger partial charge is 0.356 e. The number of ether oxygens (including phenoxy) is 2. The Balaban J connectivity index is 1.84. The normalized spacial score (nSPS) is 11.5. The molecule has 28 heavy (non-hydrogen) atoms. The highest BCUT2D eigenvalue weighted by atomic mass is 35.5. The summed E-state index contributed by atoms with van der Waals surface area (Å²) in [5, 5.41) is 3.09. The van der Waals surface area contributed by atoms with E-state index in [4.69, 9.17) is 21.1 Å². The van der Waals surface area contributed by atoms with Crippen LogP contribution in [0.1, 0.15) is 22.2 Å². The van der Waals surface area contributed by atoms with Crippen molar-refractivity contribution in [1.82, 2.24) is 4.57 Å². The van der Waals surface area contributed by atoms with E-state index in [-0.39, 0.29) is 0 Å². The number of aryl methyl sites for hydroxylation is 1. The molecule has 144 valence electrons. The number of amides is 1. The van der Waals surface area contributed by atoms with Gasteiger partial charge >= 0.3 is 5.97 Å². The van der Waals surface area contributed by atoms with Crippen LogP contribution < -0.4 is 10.1 Å². The topological polar surface area (TPSA) is 69.6 Å². The van der Waals surface area contributed by atoms with Crippen LogP contribution >= 0.6 is 11.6 Å². The maximum atomic E-state index is 12.9. The molecule has 0 aliphatic rings. The van der Waals surface area contributed by atoms with E-state index in [2.05, 4.69) is 5.32 Å². The summed E-state index contributed by atoms with van der Waals surface area (Å²) in [6.07, 6.45) is 0.609. The summed E-state index contributed by atoms with van der Waals surface area (Å²) in [5.74, 6) is -0.589. The summed E-state index contributed by atoms with van der Waals surface area (Å²) in [4.78, 5) is 25.4. The molecule has 0 aliphatic carbocycles. The number of benzene rings is 2. The number of nitrogens with one attached hydrogen (secondary N) is 1. The van der Waals surface area contributed by atoms with Crippen LogP contribution in [0.25, 0.3) is 0 Å². The first kappa shape index (κ1) is 19.5. The van der Waals surface area contributed by atoms with Crippen molar-refractivity contribution < 1.29 is 19.1 Å². The van der Waals surface area contributed by atoms with Crippen molar-refractivity contribution in [2.75, 3.05) is 12.4 Å². The molecule has 0 fully saturated rings. The third-order valence-electron chi connectivity index (χ3n) is 4.14. The number of anilines is 1. The molecule has 1 N–H and O–H groups in total. The van der Waals surface area contributed by atoms with Gasteiger partial charge in [-0.3, -0.25) is 4.79 Å². The fourth-order valence-electron chi connectivity index (χ4n) is 2.69. The molecule has 0 spiro atoms. The van der Waals surface area contributed by atoms with Crippen LogP contribution in [-0.2, 0) is 16.6 Å². The molecule has 1 amide bonds. The molecule has 1 heterocycles. The van der Waals surface area contributed by atoms with Crippen LogP contribution in [0.5, 0.6) is 5.75 Å². The quantitative estimate of drug-likeness (QED) is 0.631. The minimum absolute atomic E-state index is 0.348. The van der Waals surface area contributed by atoms with Gasteiger partial charge in [-0.25, -0.2) is 4.79 Å². The largest absolute Gasteiger partial charge is 0.495 e. The van der Waals surface area contributed by atoms with E-state index >= 15 is 0 Å². The molecule has 7 heteroatoms. The average molecular weight is 399 g/mol. The number of aromatic nitrogens is 1. The van der Waals surface area contributed by atoms with Crippen LogP contribution in [0.3, 0.4) is 0 Å². The first-order chi connectivity index (χ1) is 13.5. The lowest BCUT2D eigenvalue weighted by atomic mass is 10.1. The number of nitrogens with zero attached hydrogens (tertiary/aromatic N) is 1. The van der Waals surface area contributed by atoms with E-state index in [0.717, 1.165) is 0 Å². The second-order valence-corrected chi connectivity index (χ2v) is 6.45. The van der Waals surface area contributed by atoms with Crippen molar-refractivity contribution in [3.8, 4) is 5.75 Å². The van der Waals surface area contributed by atoms with Crippen molar-refractivity contribution in [3.63, 3.8) is 0 Å². The van der Waals surface area contributed by atoms with Gasteiger partial charge in [0.2, 0.25) is 6.10 Å². The molecule has 3 aromatic rings. The van der Waals surface area contributed by atoms with E-state index in [9.17, 15) is 9.59 Å². The summed E-state index contributed by atoms with van der Waals surface area (Å²) in [6, 6.07) is 17.0. The van der Waals surface area contributed by atoms with Gasteiger partial charge in [0.15, 0.2) is 0 Å². The lowest BCUT2D eigenvalue weighted by Crippen LogP contribution is -2.26. The zero-order valence-corrected chi connectivity index (χ0v) is 16.1. The van der Waals surface area contributed by atoms with E-state index < -0.39 is 18.0 Å². The van der Waals surface area contributed by atoms with Crippen molar-refractivity contribution in [1.29, 1.82) is 0 Å². The molecule has 3 rings (SSSR count). The van der Waals surface area contributed by atoms with Gasteiger partial charge in [-0.05, 0) is 30.3 Å². The molecule has 1 atom stereocenters. The first-order valence-electron chi connectivity index (χ1n) is 8.51. The molecule has 0 bridgehead atoms. The zero-order chi connectivity index (χ0) is 20.1. The Bertz CT molecular complexity index is 985. The lowest BCUT2D eigenvalue weighted by Gasteiger charge is -2.18. The summed E-state index contributed by atoms with van der Waals surface area (Å²) in [6.45, 7) is 0. The predicted octanol–water partition coefficient (Wildman–Crippen LogP) is 4.22. The molecule has 2 aromatic carbocycles. The van der Waals surface area contributed by atoms with Gasteiger partial charge < -0.3 is 19.4 Å². The number of carbonyl (C=O) groups excluding carboxylic acids is 2. The Morgan fingerprint density at radius 3 is 2.43 bits per heavy atom. The highest BCUT2D eigenvalue weighted by molar-refractivity contribution is 6.32. The van der Waals surface area contributed by atoms with Crippen molar-refractivity contribution in [2.45, 2.75) is 6.10 Å².